The number of amides is 1. The quantitative estimate of drug-likeness (QED) is 0.373. The van der Waals surface area contributed by atoms with E-state index in [-0.39, 0.29) is 5.91 Å². The van der Waals surface area contributed by atoms with Crippen LogP contribution in [-0.2, 0) is 4.79 Å². The van der Waals surface area contributed by atoms with Gasteiger partial charge >= 0.3 is 0 Å². The molecular formula is C28H27N5O3. The molecule has 1 atom stereocenters. The van der Waals surface area contributed by atoms with Crippen LogP contribution in [0.2, 0.25) is 0 Å². The molecule has 0 saturated carbocycles. The summed E-state index contributed by atoms with van der Waals surface area (Å²) in [6, 6.07) is 24.3. The lowest BCUT2D eigenvalue weighted by atomic mass is 9.95. The molecule has 0 fully saturated rings. The van der Waals surface area contributed by atoms with E-state index in [1.807, 2.05) is 92.7 Å². The largest absolute Gasteiger partial charge is 0.497 e. The number of hydrogen-bond acceptors (Lipinski definition) is 6. The van der Waals surface area contributed by atoms with Crippen LogP contribution < -0.4 is 20.1 Å². The van der Waals surface area contributed by atoms with E-state index in [0.29, 0.717) is 35.3 Å². The van der Waals surface area contributed by atoms with Crippen LogP contribution in [0.1, 0.15) is 25.5 Å². The van der Waals surface area contributed by atoms with Gasteiger partial charge in [0.15, 0.2) is 5.82 Å². The predicted molar refractivity (Wildman–Crippen MR) is 139 cm³/mol. The molecule has 36 heavy (non-hydrogen) atoms. The van der Waals surface area contributed by atoms with Crippen molar-refractivity contribution in [2.24, 2.45) is 0 Å². The lowest BCUT2D eigenvalue weighted by molar-refractivity contribution is -0.113. The number of methoxy groups -OCH3 is 1. The normalized spacial score (nSPS) is 14.6. The molecule has 1 aliphatic rings. The van der Waals surface area contributed by atoms with Gasteiger partial charge in [0.05, 0.1) is 19.3 Å². The number of carbonyl (C=O) groups excluding carboxylic acids is 1. The Bertz CT molecular complexity index is 1390. The molecule has 0 radical (unpaired) electrons. The molecule has 1 amide bonds. The summed E-state index contributed by atoms with van der Waals surface area (Å²) in [5.41, 5.74) is 3.71. The number of anilines is 2. The Hall–Kier alpha value is -4.59. The first-order valence-electron chi connectivity index (χ1n) is 11.7. The second kappa shape index (κ2) is 9.95. The van der Waals surface area contributed by atoms with E-state index in [1.54, 1.807) is 11.8 Å². The van der Waals surface area contributed by atoms with Crippen LogP contribution in [0, 0.1) is 0 Å². The summed E-state index contributed by atoms with van der Waals surface area (Å²) in [6.45, 7) is 4.40. The van der Waals surface area contributed by atoms with Gasteiger partial charge in [0.1, 0.15) is 17.5 Å². The van der Waals surface area contributed by atoms with E-state index in [0.717, 1.165) is 22.6 Å². The van der Waals surface area contributed by atoms with Crippen LogP contribution in [0.3, 0.4) is 0 Å². The van der Waals surface area contributed by atoms with Gasteiger partial charge in [-0.05, 0) is 55.8 Å². The number of nitrogens with zero attached hydrogens (tertiary/aromatic N) is 3. The van der Waals surface area contributed by atoms with Crippen molar-refractivity contribution < 1.29 is 14.3 Å². The van der Waals surface area contributed by atoms with Crippen molar-refractivity contribution in [3.8, 4) is 22.9 Å². The maximum Gasteiger partial charge on any atom is 0.255 e. The Morgan fingerprint density at radius 3 is 2.36 bits per heavy atom. The maximum absolute atomic E-state index is 13.6. The van der Waals surface area contributed by atoms with Gasteiger partial charge in [-0.1, -0.05) is 42.5 Å². The second-order valence-corrected chi connectivity index (χ2v) is 8.32. The smallest absolute Gasteiger partial charge is 0.255 e. The molecule has 0 saturated heterocycles. The average molecular weight is 482 g/mol. The molecule has 0 unspecified atom stereocenters. The van der Waals surface area contributed by atoms with Crippen LogP contribution in [0.25, 0.3) is 11.4 Å². The van der Waals surface area contributed by atoms with E-state index in [4.69, 9.17) is 19.6 Å². The first kappa shape index (κ1) is 23.2. The second-order valence-electron chi connectivity index (χ2n) is 8.32. The third kappa shape index (κ3) is 4.53. The van der Waals surface area contributed by atoms with Gasteiger partial charge in [-0.25, -0.2) is 4.68 Å². The van der Waals surface area contributed by atoms with Crippen molar-refractivity contribution in [1.82, 2.24) is 14.8 Å². The van der Waals surface area contributed by atoms with E-state index in [2.05, 4.69) is 10.6 Å². The van der Waals surface area contributed by atoms with E-state index in [9.17, 15) is 4.79 Å². The molecule has 0 bridgehead atoms. The SMILES string of the molecule is CCOc1ccc([C@H]2C(C(=O)Nc3ccc(OC)cc3)=C(C)Nc3nc(-c4ccccc4)nn32)cc1. The molecule has 3 aromatic carbocycles. The zero-order chi connectivity index (χ0) is 25.1. The Morgan fingerprint density at radius 1 is 1.00 bits per heavy atom. The summed E-state index contributed by atoms with van der Waals surface area (Å²) in [6.07, 6.45) is 0. The summed E-state index contributed by atoms with van der Waals surface area (Å²) >= 11 is 0. The van der Waals surface area contributed by atoms with Crippen molar-refractivity contribution in [1.29, 1.82) is 0 Å². The van der Waals surface area contributed by atoms with Gasteiger partial charge in [0.2, 0.25) is 5.95 Å². The van der Waals surface area contributed by atoms with Crippen molar-refractivity contribution in [2.75, 3.05) is 24.4 Å². The van der Waals surface area contributed by atoms with Gasteiger partial charge in [0, 0.05) is 16.9 Å². The molecule has 1 aromatic heterocycles. The van der Waals surface area contributed by atoms with Crippen molar-refractivity contribution >= 4 is 17.5 Å². The molecule has 2 N–H and O–H groups in total. The van der Waals surface area contributed by atoms with Crippen LogP contribution in [-0.4, -0.2) is 34.4 Å². The molecule has 1 aliphatic heterocycles. The highest BCUT2D eigenvalue weighted by atomic mass is 16.5. The number of ether oxygens (including phenoxy) is 2. The van der Waals surface area contributed by atoms with E-state index in [1.165, 1.54) is 0 Å². The molecule has 0 spiro atoms. The zero-order valence-corrected chi connectivity index (χ0v) is 20.4. The van der Waals surface area contributed by atoms with Gasteiger partial charge in [-0.2, -0.15) is 4.98 Å². The number of rotatable bonds is 7. The molecule has 4 aromatic rings. The Balaban J connectivity index is 1.55. The third-order valence-corrected chi connectivity index (χ3v) is 5.98. The highest BCUT2D eigenvalue weighted by Gasteiger charge is 2.34. The molecule has 2 heterocycles. The predicted octanol–water partition coefficient (Wildman–Crippen LogP) is 5.28. The van der Waals surface area contributed by atoms with E-state index < -0.39 is 6.04 Å². The minimum absolute atomic E-state index is 0.230. The lowest BCUT2D eigenvalue weighted by Gasteiger charge is -2.28. The number of fused-ring (bicyclic) bond motifs is 1. The number of allylic oxidation sites excluding steroid dienone is 1. The molecule has 0 aliphatic carbocycles. The molecule has 182 valence electrons. The van der Waals surface area contributed by atoms with Gasteiger partial charge in [-0.3, -0.25) is 4.79 Å². The monoisotopic (exact) mass is 481 g/mol. The number of hydrogen-bond donors (Lipinski definition) is 2. The van der Waals surface area contributed by atoms with Gasteiger partial charge in [-0.15, -0.1) is 5.10 Å². The minimum atomic E-state index is -0.486. The number of carbonyl (C=O) groups is 1. The van der Waals surface area contributed by atoms with Crippen LogP contribution in [0.5, 0.6) is 11.5 Å². The van der Waals surface area contributed by atoms with E-state index >= 15 is 0 Å². The molecular weight excluding hydrogens is 454 g/mol. The van der Waals surface area contributed by atoms with Crippen molar-refractivity contribution in [3.05, 3.63) is 95.7 Å². The number of benzene rings is 3. The summed E-state index contributed by atoms with van der Waals surface area (Å²) in [4.78, 5) is 18.4. The standard InChI is InChI=1S/C28H27N5O3/c1-4-36-23-14-10-19(11-15-23)25-24(27(34)30-21-12-16-22(35-3)17-13-21)18(2)29-28-31-26(32-33(25)28)20-8-6-5-7-9-20/h5-17,25H,4H2,1-3H3,(H,30,34)(H,29,31,32)/t25-/m0/s1. The fraction of sp³-hybridized carbons (Fsp3) is 0.179. The first-order chi connectivity index (χ1) is 17.6. The Kier molecular flexibility index (Phi) is 6.40. The molecule has 8 nitrogen and oxygen atoms in total. The van der Waals surface area contributed by atoms with Crippen molar-refractivity contribution in [2.45, 2.75) is 19.9 Å². The summed E-state index contributed by atoms with van der Waals surface area (Å²) < 4.78 is 12.6. The highest BCUT2D eigenvalue weighted by molar-refractivity contribution is 6.06. The zero-order valence-electron chi connectivity index (χ0n) is 20.4. The highest BCUT2D eigenvalue weighted by Crippen LogP contribution is 2.37. The molecule has 8 heteroatoms. The molecule has 5 rings (SSSR count). The van der Waals surface area contributed by atoms with Crippen LogP contribution >= 0.6 is 0 Å². The average Bonchev–Trinajstić information content (AvgIpc) is 3.33. The fourth-order valence-corrected chi connectivity index (χ4v) is 4.25. The summed E-state index contributed by atoms with van der Waals surface area (Å²) in [5.74, 6) is 2.41. The van der Waals surface area contributed by atoms with Crippen molar-refractivity contribution in [3.63, 3.8) is 0 Å². The Morgan fingerprint density at radius 2 is 1.69 bits per heavy atom. The topological polar surface area (TPSA) is 90.3 Å². The van der Waals surface area contributed by atoms with Gasteiger partial charge < -0.3 is 20.1 Å². The summed E-state index contributed by atoms with van der Waals surface area (Å²) in [7, 11) is 1.61. The first-order valence-corrected chi connectivity index (χ1v) is 11.7. The lowest BCUT2D eigenvalue weighted by Crippen LogP contribution is -2.31. The number of aromatic nitrogens is 3. The van der Waals surface area contributed by atoms with Crippen LogP contribution in [0.15, 0.2) is 90.1 Å². The van der Waals surface area contributed by atoms with Crippen LogP contribution in [0.4, 0.5) is 11.6 Å². The third-order valence-electron chi connectivity index (χ3n) is 5.98. The summed E-state index contributed by atoms with van der Waals surface area (Å²) in [5, 5.41) is 11.1. The minimum Gasteiger partial charge on any atom is -0.497 e. The fourth-order valence-electron chi connectivity index (χ4n) is 4.25. The number of nitrogens with one attached hydrogen (secondary N) is 2. The van der Waals surface area contributed by atoms with Gasteiger partial charge in [0.25, 0.3) is 5.91 Å². The Labute approximate surface area is 209 Å². The maximum atomic E-state index is 13.6.